The number of sulfonamides is 1. The van der Waals surface area contributed by atoms with Crippen molar-refractivity contribution in [2.24, 2.45) is 10.3 Å². The lowest BCUT2D eigenvalue weighted by Crippen LogP contribution is -2.44. The van der Waals surface area contributed by atoms with Crippen molar-refractivity contribution in [3.63, 3.8) is 0 Å². The first-order valence-corrected chi connectivity index (χ1v) is 11.9. The van der Waals surface area contributed by atoms with Crippen molar-refractivity contribution in [2.45, 2.75) is 31.2 Å². The van der Waals surface area contributed by atoms with Gasteiger partial charge in [0, 0.05) is 25.2 Å². The van der Waals surface area contributed by atoms with Gasteiger partial charge in [0.05, 0.1) is 17.0 Å². The third kappa shape index (κ3) is 3.38. The molecule has 2 aliphatic rings. The minimum atomic E-state index is -3.68. The van der Waals surface area contributed by atoms with Gasteiger partial charge < -0.3 is 9.47 Å². The smallest absolute Gasteiger partial charge is 0.285 e. The third-order valence-electron chi connectivity index (χ3n) is 5.91. The van der Waals surface area contributed by atoms with E-state index in [1.165, 1.54) is 0 Å². The fourth-order valence-corrected chi connectivity index (χ4v) is 5.63. The van der Waals surface area contributed by atoms with Crippen molar-refractivity contribution in [3.05, 3.63) is 54.1 Å². The van der Waals surface area contributed by atoms with Gasteiger partial charge in [-0.05, 0) is 44.0 Å². The highest BCUT2D eigenvalue weighted by Crippen LogP contribution is 2.30. The molecule has 31 heavy (non-hydrogen) atoms. The van der Waals surface area contributed by atoms with Crippen LogP contribution < -0.4 is 5.32 Å². The molecule has 1 N–H and O–H groups in total. The number of piperidine rings is 1. The summed E-state index contributed by atoms with van der Waals surface area (Å²) in [6.45, 7) is 3.79. The van der Waals surface area contributed by atoms with Crippen LogP contribution in [0.4, 0.5) is 5.95 Å². The molecule has 3 aromatic rings. The molecule has 1 saturated heterocycles. The number of nitrogens with zero attached hydrogens (tertiary/aromatic N) is 4. The van der Waals surface area contributed by atoms with Gasteiger partial charge in [0.25, 0.3) is 10.0 Å². The average molecular weight is 438 g/mol. The minimum absolute atomic E-state index is 0.107. The van der Waals surface area contributed by atoms with Crippen molar-refractivity contribution in [3.8, 4) is 0 Å². The second-order valence-corrected chi connectivity index (χ2v) is 9.40. The Balaban J connectivity index is 1.38. The summed E-state index contributed by atoms with van der Waals surface area (Å²) in [6, 6.07) is 14.6. The molecule has 2 aromatic carbocycles. The van der Waals surface area contributed by atoms with E-state index in [2.05, 4.69) is 14.7 Å². The summed E-state index contributed by atoms with van der Waals surface area (Å²) in [4.78, 5) is 19.8. The maximum Gasteiger partial charge on any atom is 0.285 e. The Bertz CT molecular complexity index is 1310. The van der Waals surface area contributed by atoms with Crippen LogP contribution >= 0.6 is 0 Å². The highest BCUT2D eigenvalue weighted by atomic mass is 32.2. The number of amidine groups is 1. The van der Waals surface area contributed by atoms with Crippen LogP contribution in [0.3, 0.4) is 0 Å². The molecule has 0 bridgehead atoms. The normalized spacial score (nSPS) is 19.8. The van der Waals surface area contributed by atoms with Crippen molar-refractivity contribution < 1.29 is 13.2 Å². The molecule has 0 saturated carbocycles. The number of nitrogens with one attached hydrogen (secondary N) is 1. The number of likely N-dealkylation sites (tertiary alicyclic amines) is 1. The minimum Gasteiger partial charge on any atom is -0.355 e. The Morgan fingerprint density at radius 3 is 2.77 bits per heavy atom. The first kappa shape index (κ1) is 19.7. The van der Waals surface area contributed by atoms with Crippen molar-refractivity contribution in [1.82, 2.24) is 14.5 Å². The summed E-state index contributed by atoms with van der Waals surface area (Å²) in [6.07, 6.45) is 1.51. The van der Waals surface area contributed by atoms with Gasteiger partial charge in [0.1, 0.15) is 4.90 Å². The Kier molecular flexibility index (Phi) is 4.77. The lowest BCUT2D eigenvalue weighted by Gasteiger charge is -2.33. The molecule has 5 rings (SSSR count). The van der Waals surface area contributed by atoms with Crippen LogP contribution in [0.2, 0.25) is 0 Å². The average Bonchev–Trinajstić information content (AvgIpc) is 3.27. The Labute approximate surface area is 180 Å². The number of fused-ring (bicyclic) bond motifs is 2. The SMILES string of the molecule is CCn1c(NC(=O)C2CCCN(C3=NS(=O)(=O)c4ccccc43)C2)nc2ccccc21. The number of carbonyl (C=O) groups excluding carboxylic acids is 1. The van der Waals surface area contributed by atoms with Crippen molar-refractivity contribution >= 4 is 38.7 Å². The molecular weight excluding hydrogens is 414 g/mol. The largest absolute Gasteiger partial charge is 0.355 e. The molecule has 1 fully saturated rings. The van der Waals surface area contributed by atoms with Gasteiger partial charge in [0.15, 0.2) is 5.84 Å². The molecule has 1 amide bonds. The quantitative estimate of drug-likeness (QED) is 0.680. The van der Waals surface area contributed by atoms with Crippen LogP contribution in [-0.2, 0) is 21.4 Å². The maximum atomic E-state index is 13.1. The first-order valence-electron chi connectivity index (χ1n) is 10.4. The fraction of sp³-hybridized carbons (Fsp3) is 0.318. The number of amides is 1. The molecule has 1 aromatic heterocycles. The number of imidazole rings is 1. The molecule has 1 atom stereocenters. The number of aryl methyl sites for hydroxylation is 1. The lowest BCUT2D eigenvalue weighted by atomic mass is 9.96. The zero-order valence-electron chi connectivity index (χ0n) is 17.2. The molecule has 3 heterocycles. The van der Waals surface area contributed by atoms with E-state index < -0.39 is 10.0 Å². The molecule has 1 unspecified atom stereocenters. The number of aromatic nitrogens is 2. The van der Waals surface area contributed by atoms with Crippen LogP contribution in [0.1, 0.15) is 25.3 Å². The predicted octanol–water partition coefficient (Wildman–Crippen LogP) is 2.86. The van der Waals surface area contributed by atoms with E-state index in [9.17, 15) is 13.2 Å². The summed E-state index contributed by atoms with van der Waals surface area (Å²) in [5.74, 6) is 0.590. The summed E-state index contributed by atoms with van der Waals surface area (Å²) >= 11 is 0. The van der Waals surface area contributed by atoms with E-state index in [-0.39, 0.29) is 16.7 Å². The van der Waals surface area contributed by atoms with E-state index >= 15 is 0 Å². The van der Waals surface area contributed by atoms with Gasteiger partial charge in [-0.2, -0.15) is 8.42 Å². The zero-order valence-corrected chi connectivity index (χ0v) is 18.0. The highest BCUT2D eigenvalue weighted by Gasteiger charge is 2.35. The molecule has 0 radical (unpaired) electrons. The van der Waals surface area contributed by atoms with Crippen LogP contribution in [0.5, 0.6) is 0 Å². The molecule has 9 heteroatoms. The van der Waals surface area contributed by atoms with E-state index in [1.54, 1.807) is 24.3 Å². The van der Waals surface area contributed by atoms with Gasteiger partial charge in [-0.25, -0.2) is 4.98 Å². The number of benzene rings is 2. The van der Waals surface area contributed by atoms with Gasteiger partial charge in [-0.3, -0.25) is 10.1 Å². The van der Waals surface area contributed by atoms with Crippen LogP contribution in [-0.4, -0.2) is 47.7 Å². The summed E-state index contributed by atoms with van der Waals surface area (Å²) < 4.78 is 30.8. The Morgan fingerprint density at radius 2 is 1.94 bits per heavy atom. The van der Waals surface area contributed by atoms with Crippen LogP contribution in [0.25, 0.3) is 11.0 Å². The van der Waals surface area contributed by atoms with E-state index in [0.29, 0.717) is 37.0 Å². The first-order chi connectivity index (χ1) is 15.0. The molecule has 0 spiro atoms. The van der Waals surface area contributed by atoms with Gasteiger partial charge >= 0.3 is 0 Å². The Hall–Kier alpha value is -3.20. The lowest BCUT2D eigenvalue weighted by molar-refractivity contribution is -0.121. The summed E-state index contributed by atoms with van der Waals surface area (Å²) in [7, 11) is -3.68. The number of para-hydroxylation sites is 2. The number of hydrogen-bond acceptors (Lipinski definition) is 5. The van der Waals surface area contributed by atoms with E-state index in [4.69, 9.17) is 0 Å². The molecule has 0 aliphatic carbocycles. The Morgan fingerprint density at radius 1 is 1.16 bits per heavy atom. The summed E-state index contributed by atoms with van der Waals surface area (Å²) in [5, 5.41) is 3.00. The summed E-state index contributed by atoms with van der Waals surface area (Å²) in [5.41, 5.74) is 2.43. The van der Waals surface area contributed by atoms with Gasteiger partial charge in [-0.1, -0.05) is 24.3 Å². The number of hydrogen-bond donors (Lipinski definition) is 1. The fourth-order valence-electron chi connectivity index (χ4n) is 4.40. The van der Waals surface area contributed by atoms with Gasteiger partial charge in [0.2, 0.25) is 11.9 Å². The number of rotatable bonds is 3. The molecule has 2 aliphatic heterocycles. The number of carbonyl (C=O) groups is 1. The zero-order chi connectivity index (χ0) is 21.6. The molecule has 160 valence electrons. The van der Waals surface area contributed by atoms with Crippen LogP contribution in [0, 0.1) is 5.92 Å². The number of anilines is 1. The van der Waals surface area contributed by atoms with Crippen LogP contribution in [0.15, 0.2) is 57.8 Å². The molecule has 8 nitrogen and oxygen atoms in total. The van der Waals surface area contributed by atoms with Crippen molar-refractivity contribution in [1.29, 1.82) is 0 Å². The second-order valence-electron chi connectivity index (χ2n) is 7.83. The standard InChI is InChI=1S/C22H23N5O3S/c1-2-27-18-11-5-4-10-17(18)23-22(27)24-21(28)15-8-7-13-26(14-15)20-16-9-3-6-12-19(16)31(29,30)25-20/h3-6,9-12,15H,2,7-8,13-14H2,1H3,(H,23,24,28). The van der Waals surface area contributed by atoms with E-state index in [1.807, 2.05) is 40.7 Å². The third-order valence-corrected chi connectivity index (χ3v) is 7.24. The topological polar surface area (TPSA) is 96.7 Å². The predicted molar refractivity (Wildman–Crippen MR) is 118 cm³/mol. The monoisotopic (exact) mass is 437 g/mol. The maximum absolute atomic E-state index is 13.1. The molecular formula is C22H23N5O3S. The van der Waals surface area contributed by atoms with Crippen molar-refractivity contribution in [2.75, 3.05) is 18.4 Å². The highest BCUT2D eigenvalue weighted by molar-refractivity contribution is 7.90. The van der Waals surface area contributed by atoms with Gasteiger partial charge in [-0.15, -0.1) is 4.40 Å². The second kappa shape index (κ2) is 7.49. The van der Waals surface area contributed by atoms with E-state index in [0.717, 1.165) is 23.9 Å².